The summed E-state index contributed by atoms with van der Waals surface area (Å²) in [6.07, 6.45) is 3.82. The first-order chi connectivity index (χ1) is 9.58. The van der Waals surface area contributed by atoms with Crippen LogP contribution >= 0.6 is 11.6 Å². The summed E-state index contributed by atoms with van der Waals surface area (Å²) in [5.41, 5.74) is 0.745. The van der Waals surface area contributed by atoms with Crippen LogP contribution in [0, 0.1) is 0 Å². The Labute approximate surface area is 124 Å². The average Bonchev–Trinajstić information content (AvgIpc) is 2.39. The number of nitrogens with one attached hydrogen (secondary N) is 1. The average molecular weight is 297 g/mol. The lowest BCUT2D eigenvalue weighted by atomic mass is 10.1. The van der Waals surface area contributed by atoms with Crippen LogP contribution in [-0.4, -0.2) is 41.7 Å². The van der Waals surface area contributed by atoms with Crippen LogP contribution in [0.3, 0.4) is 0 Å². The smallest absolute Gasteiger partial charge is 0.339 e. The summed E-state index contributed by atoms with van der Waals surface area (Å²) in [5, 5.41) is 12.8. The second kappa shape index (κ2) is 6.95. The molecule has 5 heteroatoms. The molecule has 1 aromatic carbocycles. The van der Waals surface area contributed by atoms with Crippen molar-refractivity contribution in [1.29, 1.82) is 0 Å². The Morgan fingerprint density at radius 1 is 1.40 bits per heavy atom. The maximum atomic E-state index is 11.3. The van der Waals surface area contributed by atoms with Crippen molar-refractivity contribution in [2.24, 2.45) is 0 Å². The lowest BCUT2D eigenvalue weighted by Crippen LogP contribution is -2.38. The molecule has 0 amide bonds. The Morgan fingerprint density at radius 2 is 2.10 bits per heavy atom. The highest BCUT2D eigenvalue weighted by molar-refractivity contribution is 6.34. The SMILES string of the molecule is CC(CN1CCCCC1)Nc1cccc(Cl)c1C(=O)O. The van der Waals surface area contributed by atoms with Crippen LogP contribution < -0.4 is 5.32 Å². The molecule has 1 heterocycles. The van der Waals surface area contributed by atoms with E-state index < -0.39 is 5.97 Å². The first kappa shape index (κ1) is 15.1. The van der Waals surface area contributed by atoms with E-state index in [0.29, 0.717) is 5.69 Å². The third kappa shape index (κ3) is 3.87. The van der Waals surface area contributed by atoms with Gasteiger partial charge < -0.3 is 15.3 Å². The van der Waals surface area contributed by atoms with Gasteiger partial charge in [-0.25, -0.2) is 4.79 Å². The van der Waals surface area contributed by atoms with Gasteiger partial charge >= 0.3 is 5.97 Å². The van der Waals surface area contributed by atoms with Crippen molar-refractivity contribution in [2.45, 2.75) is 32.2 Å². The van der Waals surface area contributed by atoms with Crippen molar-refractivity contribution < 1.29 is 9.90 Å². The van der Waals surface area contributed by atoms with E-state index in [1.54, 1.807) is 18.2 Å². The van der Waals surface area contributed by atoms with Crippen LogP contribution in [0.2, 0.25) is 5.02 Å². The summed E-state index contributed by atoms with van der Waals surface area (Å²) in [6, 6.07) is 5.32. The van der Waals surface area contributed by atoms with E-state index in [4.69, 9.17) is 11.6 Å². The van der Waals surface area contributed by atoms with Gasteiger partial charge in [-0.15, -0.1) is 0 Å². The number of benzene rings is 1. The standard InChI is InChI=1S/C15H21ClN2O2/c1-11(10-18-8-3-2-4-9-18)17-13-7-5-6-12(16)14(13)15(19)20/h5-7,11,17H,2-4,8-10H2,1H3,(H,19,20). The number of halogens is 1. The van der Waals surface area contributed by atoms with Gasteiger partial charge in [-0.1, -0.05) is 24.1 Å². The number of hydrogen-bond acceptors (Lipinski definition) is 3. The fourth-order valence-corrected chi connectivity index (χ4v) is 2.96. The zero-order valence-corrected chi connectivity index (χ0v) is 12.5. The molecule has 0 aromatic heterocycles. The third-order valence-electron chi connectivity index (χ3n) is 3.61. The molecule has 1 fully saturated rings. The largest absolute Gasteiger partial charge is 0.478 e. The van der Waals surface area contributed by atoms with Gasteiger partial charge in [-0.3, -0.25) is 0 Å². The topological polar surface area (TPSA) is 52.6 Å². The monoisotopic (exact) mass is 296 g/mol. The fourth-order valence-electron chi connectivity index (χ4n) is 2.70. The molecular formula is C15H21ClN2O2. The Hall–Kier alpha value is -1.26. The molecule has 1 aliphatic heterocycles. The van der Waals surface area contributed by atoms with Gasteiger partial charge in [0.1, 0.15) is 5.56 Å². The van der Waals surface area contributed by atoms with Crippen molar-refractivity contribution in [1.82, 2.24) is 4.90 Å². The molecule has 1 saturated heterocycles. The quantitative estimate of drug-likeness (QED) is 0.875. The number of aromatic carboxylic acids is 1. The summed E-state index contributed by atoms with van der Waals surface area (Å²) >= 11 is 5.97. The number of nitrogens with zero attached hydrogens (tertiary/aromatic N) is 1. The highest BCUT2D eigenvalue weighted by atomic mass is 35.5. The minimum absolute atomic E-state index is 0.152. The number of carbonyl (C=O) groups is 1. The molecule has 2 N–H and O–H groups in total. The van der Waals surface area contributed by atoms with Crippen molar-refractivity contribution in [3.8, 4) is 0 Å². The number of carboxylic acid groups (broad SMARTS) is 1. The number of anilines is 1. The molecule has 1 atom stereocenters. The molecule has 0 saturated carbocycles. The van der Waals surface area contributed by atoms with Gasteiger partial charge in [-0.2, -0.15) is 0 Å². The molecule has 0 spiro atoms. The first-order valence-electron chi connectivity index (χ1n) is 7.08. The summed E-state index contributed by atoms with van der Waals surface area (Å²) in [7, 11) is 0. The van der Waals surface area contributed by atoms with Gasteiger partial charge in [-0.05, 0) is 45.0 Å². The summed E-state index contributed by atoms with van der Waals surface area (Å²) in [5.74, 6) is -0.997. The predicted molar refractivity (Wildman–Crippen MR) is 81.8 cm³/mol. The van der Waals surface area contributed by atoms with E-state index in [1.165, 1.54) is 19.3 Å². The second-order valence-corrected chi connectivity index (χ2v) is 5.78. The van der Waals surface area contributed by atoms with Crippen LogP contribution in [0.5, 0.6) is 0 Å². The molecule has 0 radical (unpaired) electrons. The minimum atomic E-state index is -0.997. The van der Waals surface area contributed by atoms with E-state index in [-0.39, 0.29) is 16.6 Å². The summed E-state index contributed by atoms with van der Waals surface area (Å²) in [4.78, 5) is 13.7. The Morgan fingerprint density at radius 3 is 2.75 bits per heavy atom. The van der Waals surface area contributed by atoms with Crippen LogP contribution in [-0.2, 0) is 0 Å². The molecule has 0 aliphatic carbocycles. The zero-order valence-electron chi connectivity index (χ0n) is 11.7. The maximum absolute atomic E-state index is 11.3. The van der Waals surface area contributed by atoms with Crippen molar-refractivity contribution >= 4 is 23.3 Å². The first-order valence-corrected chi connectivity index (χ1v) is 7.46. The number of hydrogen-bond donors (Lipinski definition) is 2. The number of rotatable bonds is 5. The molecular weight excluding hydrogens is 276 g/mol. The summed E-state index contributed by atoms with van der Waals surface area (Å²) in [6.45, 7) is 5.26. The van der Waals surface area contributed by atoms with Gasteiger partial charge in [0.05, 0.1) is 10.7 Å². The van der Waals surface area contributed by atoms with Crippen molar-refractivity contribution in [3.05, 3.63) is 28.8 Å². The number of likely N-dealkylation sites (tertiary alicyclic amines) is 1. The van der Waals surface area contributed by atoms with Gasteiger partial charge in [0.2, 0.25) is 0 Å². The zero-order chi connectivity index (χ0) is 14.5. The highest BCUT2D eigenvalue weighted by Gasteiger charge is 2.17. The molecule has 110 valence electrons. The summed E-state index contributed by atoms with van der Waals surface area (Å²) < 4.78 is 0. The van der Waals surface area contributed by atoms with E-state index in [9.17, 15) is 9.90 Å². The Bertz CT molecular complexity index is 473. The lowest BCUT2D eigenvalue weighted by Gasteiger charge is -2.30. The van der Waals surface area contributed by atoms with E-state index in [1.807, 2.05) is 0 Å². The minimum Gasteiger partial charge on any atom is -0.478 e. The molecule has 1 aliphatic rings. The highest BCUT2D eigenvalue weighted by Crippen LogP contribution is 2.25. The Balaban J connectivity index is 2.01. The lowest BCUT2D eigenvalue weighted by molar-refractivity contribution is 0.0698. The number of carboxylic acids is 1. The third-order valence-corrected chi connectivity index (χ3v) is 3.93. The molecule has 1 aromatic rings. The van der Waals surface area contributed by atoms with Crippen LogP contribution in [0.15, 0.2) is 18.2 Å². The molecule has 0 bridgehead atoms. The van der Waals surface area contributed by atoms with Gasteiger partial charge in [0, 0.05) is 12.6 Å². The van der Waals surface area contributed by atoms with Crippen molar-refractivity contribution in [3.63, 3.8) is 0 Å². The van der Waals surface area contributed by atoms with Gasteiger partial charge in [0.15, 0.2) is 0 Å². The van der Waals surface area contributed by atoms with Gasteiger partial charge in [0.25, 0.3) is 0 Å². The van der Waals surface area contributed by atoms with Crippen LogP contribution in [0.1, 0.15) is 36.5 Å². The van der Waals surface area contributed by atoms with E-state index >= 15 is 0 Å². The van der Waals surface area contributed by atoms with Crippen molar-refractivity contribution in [2.75, 3.05) is 25.0 Å². The number of piperidine rings is 1. The maximum Gasteiger partial charge on any atom is 0.339 e. The molecule has 20 heavy (non-hydrogen) atoms. The second-order valence-electron chi connectivity index (χ2n) is 5.37. The predicted octanol–water partition coefficient (Wildman–Crippen LogP) is 3.32. The van der Waals surface area contributed by atoms with Crippen LogP contribution in [0.25, 0.3) is 0 Å². The molecule has 4 nitrogen and oxygen atoms in total. The fraction of sp³-hybridized carbons (Fsp3) is 0.533. The normalized spacial score (nSPS) is 17.7. The van der Waals surface area contributed by atoms with Crippen LogP contribution in [0.4, 0.5) is 5.69 Å². The molecule has 1 unspecified atom stereocenters. The van der Waals surface area contributed by atoms with E-state index in [2.05, 4.69) is 17.1 Å². The molecule has 2 rings (SSSR count). The Kier molecular flexibility index (Phi) is 5.26. The van der Waals surface area contributed by atoms with E-state index in [0.717, 1.165) is 19.6 Å².